The van der Waals surface area contributed by atoms with Crippen LogP contribution in [0.5, 0.6) is 0 Å². The number of pyridine rings is 1. The first-order valence-electron chi connectivity index (χ1n) is 10.7. The third-order valence-corrected chi connectivity index (χ3v) is 5.72. The molecule has 2 aliphatic carbocycles. The second-order valence-electron chi connectivity index (χ2n) is 8.38. The average Bonchev–Trinajstić information content (AvgIpc) is 2.91. The van der Waals surface area contributed by atoms with Crippen molar-refractivity contribution in [3.8, 4) is 0 Å². The number of fused-ring (bicyclic) bond motifs is 1. The molecule has 0 radical (unpaired) electrons. The smallest absolute Gasteiger partial charge is 0.320 e. The van der Waals surface area contributed by atoms with Gasteiger partial charge in [-0.2, -0.15) is 0 Å². The number of allylic oxidation sites excluding steroid dienone is 10. The number of carbonyl (C=O) groups excluding carboxylic acids is 1. The van der Waals surface area contributed by atoms with Crippen molar-refractivity contribution in [1.82, 2.24) is 14.8 Å². The highest BCUT2D eigenvalue weighted by molar-refractivity contribution is 5.76. The maximum Gasteiger partial charge on any atom is 0.320 e. The van der Waals surface area contributed by atoms with E-state index >= 15 is 0 Å². The summed E-state index contributed by atoms with van der Waals surface area (Å²) in [6.45, 7) is 3.70. The number of rotatable bonds is 4. The molecule has 31 heavy (non-hydrogen) atoms. The first kappa shape index (κ1) is 21.0. The summed E-state index contributed by atoms with van der Waals surface area (Å²) >= 11 is 0. The Bertz CT molecular complexity index is 1040. The zero-order chi connectivity index (χ0) is 21.8. The molecule has 0 aromatic carbocycles. The maximum atomic E-state index is 13.6. The van der Waals surface area contributed by atoms with E-state index in [-0.39, 0.29) is 11.9 Å². The van der Waals surface area contributed by atoms with Gasteiger partial charge in [0, 0.05) is 32.8 Å². The number of urea groups is 1. The van der Waals surface area contributed by atoms with Gasteiger partial charge in [0.25, 0.3) is 0 Å². The number of hydrogen-bond donors (Lipinski definition) is 0. The van der Waals surface area contributed by atoms with E-state index in [1.54, 1.807) is 11.0 Å². The van der Waals surface area contributed by atoms with Crippen LogP contribution in [0.15, 0.2) is 89.0 Å². The molecule has 0 bridgehead atoms. The lowest BCUT2D eigenvalue weighted by atomic mass is 10.0. The Morgan fingerprint density at radius 1 is 1.19 bits per heavy atom. The van der Waals surface area contributed by atoms with Crippen molar-refractivity contribution < 1.29 is 9.18 Å². The number of carbonyl (C=O) groups is 1. The molecule has 2 amide bonds. The Balaban J connectivity index is 1.35. The van der Waals surface area contributed by atoms with Gasteiger partial charge in [0.05, 0.1) is 12.2 Å². The second-order valence-corrected chi connectivity index (χ2v) is 8.38. The van der Waals surface area contributed by atoms with E-state index in [4.69, 9.17) is 0 Å². The van der Waals surface area contributed by atoms with E-state index in [9.17, 15) is 9.18 Å². The fourth-order valence-corrected chi connectivity index (χ4v) is 4.13. The Hall–Kier alpha value is -3.21. The van der Waals surface area contributed by atoms with Crippen LogP contribution in [0.1, 0.15) is 31.0 Å². The van der Waals surface area contributed by atoms with Crippen molar-refractivity contribution in [3.63, 3.8) is 0 Å². The van der Waals surface area contributed by atoms with Gasteiger partial charge in [-0.1, -0.05) is 42.5 Å². The number of aromatic nitrogens is 1. The summed E-state index contributed by atoms with van der Waals surface area (Å²) in [7, 11) is 1.82. The Morgan fingerprint density at radius 3 is 2.84 bits per heavy atom. The zero-order valence-electron chi connectivity index (χ0n) is 18.1. The number of halogens is 1. The van der Waals surface area contributed by atoms with Crippen LogP contribution in [0.2, 0.25) is 0 Å². The van der Waals surface area contributed by atoms with E-state index in [0.717, 1.165) is 28.8 Å². The van der Waals surface area contributed by atoms with Crippen molar-refractivity contribution >= 4 is 6.03 Å². The van der Waals surface area contributed by atoms with Gasteiger partial charge in [0.2, 0.25) is 0 Å². The Morgan fingerprint density at radius 2 is 2.03 bits per heavy atom. The van der Waals surface area contributed by atoms with Crippen LogP contribution in [-0.2, 0) is 13.0 Å². The maximum absolute atomic E-state index is 13.6. The van der Waals surface area contributed by atoms with Crippen LogP contribution >= 0.6 is 0 Å². The highest BCUT2D eigenvalue weighted by Gasteiger charge is 2.27. The van der Waals surface area contributed by atoms with Crippen LogP contribution in [0, 0.1) is 0 Å². The molecule has 1 saturated heterocycles. The number of likely N-dealkylation sites (tertiary alicyclic amines) is 1. The Kier molecular flexibility index (Phi) is 6.31. The topological polar surface area (TPSA) is 36.4 Å². The van der Waals surface area contributed by atoms with Crippen LogP contribution in [0.4, 0.5) is 9.18 Å². The molecule has 0 atom stereocenters. The zero-order valence-corrected chi connectivity index (χ0v) is 18.1. The molecule has 4 rings (SSSR count). The van der Waals surface area contributed by atoms with Crippen molar-refractivity contribution in [2.75, 3.05) is 20.1 Å². The summed E-state index contributed by atoms with van der Waals surface area (Å²) in [6.07, 6.45) is 17.9. The normalized spacial score (nSPS) is 18.2. The van der Waals surface area contributed by atoms with Gasteiger partial charge in [-0.15, -0.1) is 0 Å². The quantitative estimate of drug-likeness (QED) is 0.655. The molecular formula is C26H28FN3O. The van der Waals surface area contributed by atoms with Gasteiger partial charge in [-0.25, -0.2) is 9.18 Å². The summed E-state index contributed by atoms with van der Waals surface area (Å²) in [5.41, 5.74) is 6.41. The van der Waals surface area contributed by atoms with Crippen LogP contribution in [-0.4, -0.2) is 41.0 Å². The minimum Gasteiger partial charge on any atom is -0.322 e. The molecule has 1 aromatic heterocycles. The first-order chi connectivity index (χ1) is 15.0. The summed E-state index contributed by atoms with van der Waals surface area (Å²) in [5.74, 6) is -0.109. The number of nitrogens with zero attached hydrogens (tertiary/aromatic N) is 3. The van der Waals surface area contributed by atoms with Gasteiger partial charge < -0.3 is 9.80 Å². The summed E-state index contributed by atoms with van der Waals surface area (Å²) in [4.78, 5) is 21.1. The molecule has 1 aromatic rings. The van der Waals surface area contributed by atoms with E-state index in [0.29, 0.717) is 32.5 Å². The standard InChI is InChI=1S/C26H28FN3O/c1-19-12-20(8-10-24(27)13-19)14-21-9-11-25(28-15-21)18-29(2)26(31)30-16-22-6-4-3-5-7-23(22)17-30/h3-4,6-9,11-13,15H,5,10,14,16-18H2,1-2H3. The minimum absolute atomic E-state index is 0.0171. The molecule has 2 heterocycles. The summed E-state index contributed by atoms with van der Waals surface area (Å²) in [5, 5.41) is 0. The average molecular weight is 418 g/mol. The number of hydrogen-bond acceptors (Lipinski definition) is 2. The highest BCUT2D eigenvalue weighted by Crippen LogP contribution is 2.25. The van der Waals surface area contributed by atoms with E-state index in [1.807, 2.05) is 49.4 Å². The molecule has 0 saturated carbocycles. The summed E-state index contributed by atoms with van der Waals surface area (Å²) in [6, 6.07) is 4.02. The number of amides is 2. The molecule has 0 N–H and O–H groups in total. The van der Waals surface area contributed by atoms with E-state index in [1.165, 1.54) is 11.1 Å². The molecule has 4 nitrogen and oxygen atoms in total. The molecule has 1 fully saturated rings. The lowest BCUT2D eigenvalue weighted by molar-refractivity contribution is 0.172. The molecule has 160 valence electrons. The monoisotopic (exact) mass is 417 g/mol. The summed E-state index contributed by atoms with van der Waals surface area (Å²) < 4.78 is 13.6. The van der Waals surface area contributed by atoms with E-state index < -0.39 is 0 Å². The van der Waals surface area contributed by atoms with Gasteiger partial charge in [0.1, 0.15) is 5.83 Å². The highest BCUT2D eigenvalue weighted by atomic mass is 19.1. The SMILES string of the molecule is CC1=CC(Cc2ccc(CN(C)C(=O)N3CC4=CC=CCC=C4C3)nc2)=CCC(F)=C1. The molecular weight excluding hydrogens is 389 g/mol. The predicted octanol–water partition coefficient (Wildman–Crippen LogP) is 5.43. The van der Waals surface area contributed by atoms with E-state index in [2.05, 4.69) is 29.3 Å². The molecule has 3 aliphatic rings. The van der Waals surface area contributed by atoms with Gasteiger partial charge in [-0.05, 0) is 59.8 Å². The van der Waals surface area contributed by atoms with Crippen molar-refractivity contribution in [2.24, 2.45) is 0 Å². The van der Waals surface area contributed by atoms with Crippen molar-refractivity contribution in [2.45, 2.75) is 32.7 Å². The third-order valence-electron chi connectivity index (χ3n) is 5.72. The lowest BCUT2D eigenvalue weighted by Crippen LogP contribution is -2.39. The van der Waals surface area contributed by atoms with Gasteiger partial charge in [0.15, 0.2) is 0 Å². The fourth-order valence-electron chi connectivity index (χ4n) is 4.13. The molecule has 0 unspecified atom stereocenters. The first-order valence-corrected chi connectivity index (χ1v) is 10.7. The van der Waals surface area contributed by atoms with Crippen LogP contribution in [0.3, 0.4) is 0 Å². The minimum atomic E-state index is -0.109. The van der Waals surface area contributed by atoms with Gasteiger partial charge >= 0.3 is 6.03 Å². The fraction of sp³-hybridized carbons (Fsp3) is 0.308. The molecule has 5 heteroatoms. The third kappa shape index (κ3) is 5.29. The van der Waals surface area contributed by atoms with Crippen molar-refractivity contribution in [3.05, 3.63) is 100 Å². The van der Waals surface area contributed by atoms with Gasteiger partial charge in [-0.3, -0.25) is 4.98 Å². The Labute approximate surface area is 183 Å². The van der Waals surface area contributed by atoms with Crippen LogP contribution < -0.4 is 0 Å². The molecule has 0 spiro atoms. The second kappa shape index (κ2) is 9.29. The van der Waals surface area contributed by atoms with Crippen LogP contribution in [0.25, 0.3) is 0 Å². The predicted molar refractivity (Wildman–Crippen MR) is 122 cm³/mol. The lowest BCUT2D eigenvalue weighted by Gasteiger charge is -2.23. The van der Waals surface area contributed by atoms with Crippen molar-refractivity contribution in [1.29, 1.82) is 0 Å². The molecule has 1 aliphatic heterocycles. The largest absolute Gasteiger partial charge is 0.322 e.